The standard InChI is InChI=1S/C71H118NO8P/c1-3-5-7-9-11-13-15-17-19-21-23-25-27-29-30-31-32-33-34-35-36-37-38-40-42-44-46-48-50-52-54-56-58-60-62-64-71(74)80-69(68-79-81(75,76)78-66-65-72)67-77-70(73)63-61-59-57-55-53-51-49-47-45-43-41-39-28-26-24-22-20-18-16-14-12-10-8-6-4-2/h5,7,11,13,16-19,22-25,29-30,32-33,35-36,38,40,44,46,50,52,69H,3-4,6,8-10,12,14-15,20-21,26-28,31,34,37,39,41-43,45,47-49,51,53-68,72H2,1-2H3,(H,75,76)/b7-5-,13-11-,18-16-,19-17-,24-22-,25-23-,30-29-,33-32-,36-35-,40-38-,46-44-,52-50-. The molecule has 0 radical (unpaired) electrons. The van der Waals surface area contributed by atoms with Gasteiger partial charge >= 0.3 is 19.8 Å². The Morgan fingerprint density at radius 2 is 0.679 bits per heavy atom. The molecule has 0 fully saturated rings. The second-order valence-electron chi connectivity index (χ2n) is 20.9. The van der Waals surface area contributed by atoms with E-state index < -0.39 is 32.5 Å². The van der Waals surface area contributed by atoms with Crippen LogP contribution in [0, 0.1) is 0 Å². The maximum Gasteiger partial charge on any atom is 0.472 e. The summed E-state index contributed by atoms with van der Waals surface area (Å²) in [6.45, 7) is 3.59. The molecule has 0 heterocycles. The van der Waals surface area contributed by atoms with Crippen molar-refractivity contribution in [2.75, 3.05) is 26.4 Å². The largest absolute Gasteiger partial charge is 0.472 e. The number of carbonyl (C=O) groups is 2. The second-order valence-corrected chi connectivity index (χ2v) is 22.3. The molecule has 0 rings (SSSR count). The van der Waals surface area contributed by atoms with E-state index in [1.807, 2.05) is 0 Å². The minimum Gasteiger partial charge on any atom is -0.462 e. The molecule has 9 nitrogen and oxygen atoms in total. The van der Waals surface area contributed by atoms with Crippen molar-refractivity contribution in [2.45, 2.75) is 264 Å². The summed E-state index contributed by atoms with van der Waals surface area (Å²) in [4.78, 5) is 35.3. The van der Waals surface area contributed by atoms with Crippen molar-refractivity contribution < 1.29 is 37.6 Å². The molecule has 0 aromatic carbocycles. The Kier molecular flexibility index (Phi) is 61.7. The van der Waals surface area contributed by atoms with Crippen LogP contribution in [0.25, 0.3) is 0 Å². The molecule has 0 aliphatic heterocycles. The normalized spacial score (nSPS) is 14.0. The van der Waals surface area contributed by atoms with Crippen LogP contribution < -0.4 is 5.73 Å². The van der Waals surface area contributed by atoms with Crippen molar-refractivity contribution >= 4 is 19.8 Å². The molecule has 2 unspecified atom stereocenters. The van der Waals surface area contributed by atoms with Crippen molar-refractivity contribution in [3.8, 4) is 0 Å². The van der Waals surface area contributed by atoms with Crippen molar-refractivity contribution in [2.24, 2.45) is 5.73 Å². The first kappa shape index (κ1) is 76.9. The van der Waals surface area contributed by atoms with Crippen LogP contribution in [0.1, 0.15) is 258 Å². The van der Waals surface area contributed by atoms with Gasteiger partial charge in [0, 0.05) is 19.4 Å². The van der Waals surface area contributed by atoms with Crippen LogP contribution in [0.2, 0.25) is 0 Å². The third kappa shape index (κ3) is 64.9. The van der Waals surface area contributed by atoms with Gasteiger partial charge in [-0.2, -0.15) is 0 Å². The number of carbonyl (C=O) groups excluding carboxylic acids is 2. The average Bonchev–Trinajstić information content (AvgIpc) is 3.46. The molecule has 0 spiro atoms. The van der Waals surface area contributed by atoms with Crippen LogP contribution in [-0.2, 0) is 32.7 Å². The van der Waals surface area contributed by atoms with E-state index in [1.54, 1.807) is 0 Å². The Morgan fingerprint density at radius 1 is 0.383 bits per heavy atom. The Hall–Kier alpha value is -4.11. The van der Waals surface area contributed by atoms with Crippen molar-refractivity contribution in [1.29, 1.82) is 0 Å². The fourth-order valence-corrected chi connectivity index (χ4v) is 9.22. The maximum atomic E-state index is 12.7. The molecule has 0 aromatic rings. The molecule has 3 N–H and O–H groups in total. The Labute approximate surface area is 496 Å². The topological polar surface area (TPSA) is 134 Å². The lowest BCUT2D eigenvalue weighted by atomic mass is 10.0. The third-order valence-corrected chi connectivity index (χ3v) is 14.2. The summed E-state index contributed by atoms with van der Waals surface area (Å²) < 4.78 is 33.1. The highest BCUT2D eigenvalue weighted by molar-refractivity contribution is 7.47. The van der Waals surface area contributed by atoms with E-state index in [2.05, 4.69) is 160 Å². The molecule has 0 aromatic heterocycles. The van der Waals surface area contributed by atoms with Crippen LogP contribution >= 0.6 is 7.82 Å². The van der Waals surface area contributed by atoms with Crippen LogP contribution in [0.4, 0.5) is 0 Å². The monoisotopic (exact) mass is 1140 g/mol. The highest BCUT2D eigenvalue weighted by atomic mass is 31.2. The molecule has 10 heteroatoms. The Morgan fingerprint density at radius 3 is 1.01 bits per heavy atom. The minimum atomic E-state index is -4.41. The molecule has 0 saturated carbocycles. The molecular weight excluding hydrogens is 1030 g/mol. The van der Waals surface area contributed by atoms with E-state index in [-0.39, 0.29) is 32.6 Å². The van der Waals surface area contributed by atoms with Crippen molar-refractivity contribution in [1.82, 2.24) is 0 Å². The lowest BCUT2D eigenvalue weighted by Crippen LogP contribution is -2.29. The lowest BCUT2D eigenvalue weighted by Gasteiger charge is -2.19. The van der Waals surface area contributed by atoms with E-state index in [0.29, 0.717) is 6.42 Å². The minimum absolute atomic E-state index is 0.0415. The first-order chi connectivity index (χ1) is 39.8. The third-order valence-electron chi connectivity index (χ3n) is 13.2. The van der Waals surface area contributed by atoms with Gasteiger partial charge in [-0.05, 0) is 122 Å². The zero-order valence-electron chi connectivity index (χ0n) is 51.5. The summed E-state index contributed by atoms with van der Waals surface area (Å²) in [6, 6.07) is 0. The molecule has 0 bridgehead atoms. The molecule has 81 heavy (non-hydrogen) atoms. The summed E-state index contributed by atoms with van der Waals surface area (Å²) in [5.74, 6) is -0.863. The molecular formula is C71H118NO8P. The number of esters is 2. The maximum absolute atomic E-state index is 12.7. The number of unbranched alkanes of at least 4 members (excludes halogenated alkanes) is 22. The fraction of sp³-hybridized carbons (Fsp3) is 0.634. The number of hydrogen-bond donors (Lipinski definition) is 2. The van der Waals surface area contributed by atoms with Gasteiger partial charge in [0.25, 0.3) is 0 Å². The van der Waals surface area contributed by atoms with Gasteiger partial charge in [0.05, 0.1) is 13.2 Å². The first-order valence-electron chi connectivity index (χ1n) is 32.3. The summed E-state index contributed by atoms with van der Waals surface area (Å²) in [7, 11) is -4.41. The fourth-order valence-electron chi connectivity index (χ4n) is 8.46. The van der Waals surface area contributed by atoms with Gasteiger partial charge in [0.1, 0.15) is 6.61 Å². The summed E-state index contributed by atoms with van der Waals surface area (Å²) >= 11 is 0. The molecule has 2 atom stereocenters. The van der Waals surface area contributed by atoms with Gasteiger partial charge in [-0.25, -0.2) is 4.57 Å². The zero-order valence-corrected chi connectivity index (χ0v) is 52.4. The summed E-state index contributed by atoms with van der Waals surface area (Å²) in [5.41, 5.74) is 5.39. The average molecular weight is 1140 g/mol. The zero-order chi connectivity index (χ0) is 58.7. The predicted octanol–water partition coefficient (Wildman–Crippen LogP) is 21.1. The van der Waals surface area contributed by atoms with E-state index in [0.717, 1.165) is 116 Å². The van der Waals surface area contributed by atoms with Crippen LogP contribution in [0.3, 0.4) is 0 Å². The first-order valence-corrected chi connectivity index (χ1v) is 33.8. The van der Waals surface area contributed by atoms with Crippen molar-refractivity contribution in [3.05, 3.63) is 146 Å². The number of hydrogen-bond acceptors (Lipinski definition) is 8. The number of phosphoric acid groups is 1. The van der Waals surface area contributed by atoms with Gasteiger partial charge in [0.15, 0.2) is 6.10 Å². The number of ether oxygens (including phenoxy) is 2. The Bertz CT molecular complexity index is 1830. The van der Waals surface area contributed by atoms with E-state index in [1.165, 1.54) is 109 Å². The van der Waals surface area contributed by atoms with E-state index in [4.69, 9.17) is 24.3 Å². The number of phosphoric ester groups is 1. The number of allylic oxidation sites excluding steroid dienone is 24. The number of nitrogens with two attached hydrogens (primary N) is 1. The van der Waals surface area contributed by atoms with Gasteiger partial charge in [-0.3, -0.25) is 18.6 Å². The van der Waals surface area contributed by atoms with E-state index >= 15 is 0 Å². The van der Waals surface area contributed by atoms with Gasteiger partial charge in [-0.15, -0.1) is 0 Å². The second kappa shape index (κ2) is 65.0. The molecule has 0 aliphatic carbocycles. The SMILES string of the molecule is CC/C=C\C/C=C\C/C=C\C/C=C\C/C=C\C/C=C\C/C=C\C/C=C\C/C=C\C/C=C\CCCCCCC(=O)OC(COC(=O)CCCCCCCCCCCCCCC/C=C\C/C=C\CCCCCCC)COP(=O)(O)OCCN. The molecule has 0 saturated heterocycles. The lowest BCUT2D eigenvalue weighted by molar-refractivity contribution is -0.161. The van der Waals surface area contributed by atoms with Crippen LogP contribution in [-0.4, -0.2) is 49.3 Å². The molecule has 0 aliphatic rings. The van der Waals surface area contributed by atoms with Gasteiger partial charge in [-0.1, -0.05) is 269 Å². The highest BCUT2D eigenvalue weighted by Gasteiger charge is 2.26. The molecule has 0 amide bonds. The van der Waals surface area contributed by atoms with Crippen LogP contribution in [0.15, 0.2) is 146 Å². The van der Waals surface area contributed by atoms with E-state index in [9.17, 15) is 19.0 Å². The highest BCUT2D eigenvalue weighted by Crippen LogP contribution is 2.43. The van der Waals surface area contributed by atoms with Gasteiger partial charge in [0.2, 0.25) is 0 Å². The van der Waals surface area contributed by atoms with Crippen molar-refractivity contribution in [3.63, 3.8) is 0 Å². The number of rotatable bonds is 59. The van der Waals surface area contributed by atoms with Crippen LogP contribution in [0.5, 0.6) is 0 Å². The van der Waals surface area contributed by atoms with Gasteiger partial charge < -0.3 is 20.1 Å². The summed E-state index contributed by atoms with van der Waals surface area (Å²) in [6.07, 6.45) is 93.4. The predicted molar refractivity (Wildman–Crippen MR) is 348 cm³/mol. The summed E-state index contributed by atoms with van der Waals surface area (Å²) in [5, 5.41) is 0. The smallest absolute Gasteiger partial charge is 0.462 e. The quantitative estimate of drug-likeness (QED) is 0.0264. The molecule has 460 valence electrons. The Balaban J connectivity index is 4.05.